The minimum absolute atomic E-state index is 0. The summed E-state index contributed by atoms with van der Waals surface area (Å²) in [6, 6.07) is 0. The van der Waals surface area contributed by atoms with Crippen LogP contribution < -0.4 is 34.7 Å². The second kappa shape index (κ2) is 22.1. The second-order valence-corrected chi connectivity index (χ2v) is 3.48. The van der Waals surface area contributed by atoms with E-state index in [1.807, 2.05) is 0 Å². The van der Waals surface area contributed by atoms with Gasteiger partial charge in [-0.1, -0.05) is 33.6 Å². The molecule has 100 valence electrons. The Labute approximate surface area is 128 Å². The van der Waals surface area contributed by atoms with Crippen LogP contribution in [-0.4, -0.2) is 37.8 Å². The molecular formula is C12H27NaO4. The molecule has 0 aliphatic heterocycles. The molecule has 5 heteroatoms. The van der Waals surface area contributed by atoms with Gasteiger partial charge in [-0.2, -0.15) is 0 Å². The molecule has 1 atom stereocenters. The van der Waals surface area contributed by atoms with E-state index >= 15 is 0 Å². The van der Waals surface area contributed by atoms with Crippen molar-refractivity contribution in [3.63, 3.8) is 0 Å². The molecule has 0 rings (SSSR count). The van der Waals surface area contributed by atoms with Crippen molar-refractivity contribution < 1.29 is 49.2 Å². The molecule has 0 aromatic heterocycles. The van der Waals surface area contributed by atoms with Crippen LogP contribution in [0.1, 0.15) is 46.5 Å². The Bertz CT molecular complexity index is 107. The Morgan fingerprint density at radius 3 is 2.00 bits per heavy atom. The summed E-state index contributed by atoms with van der Waals surface area (Å²) in [5.74, 6) is 0. The van der Waals surface area contributed by atoms with Crippen molar-refractivity contribution in [3.8, 4) is 0 Å². The number of aliphatic hydroxyl groups excluding tert-OH is 1. The zero-order valence-corrected chi connectivity index (χ0v) is 13.9. The van der Waals surface area contributed by atoms with Crippen molar-refractivity contribution in [1.82, 2.24) is 0 Å². The maximum Gasteiger partial charge on any atom is 1.00 e. The predicted octanol–water partition coefficient (Wildman–Crippen LogP) is -1.69. The van der Waals surface area contributed by atoms with Crippen LogP contribution in [0.15, 0.2) is 0 Å². The van der Waals surface area contributed by atoms with Crippen LogP contribution in [0.4, 0.5) is 0 Å². The predicted molar refractivity (Wildman–Crippen MR) is 63.1 cm³/mol. The Balaban J connectivity index is -0.000000218. The van der Waals surface area contributed by atoms with E-state index in [4.69, 9.17) is 14.6 Å². The van der Waals surface area contributed by atoms with Crippen LogP contribution in [0.5, 0.6) is 0 Å². The summed E-state index contributed by atoms with van der Waals surface area (Å²) in [7, 11) is 0. The maximum atomic E-state index is 10.2. The van der Waals surface area contributed by atoms with E-state index < -0.39 is 6.29 Å². The van der Waals surface area contributed by atoms with E-state index in [-0.39, 0.29) is 36.2 Å². The number of hydrogen-bond donors (Lipinski definition) is 1. The standard InChI is InChI=1S/C6H13O2.C6H14O2.Na/c1-3-4-5-8-6(2)7;1-2-3-5-8-6-4-7;/h6H,3-5H2,1-2H3;7H,2-6H2,1H3;/q-1;;+1. The van der Waals surface area contributed by atoms with Crippen molar-refractivity contribution in [3.05, 3.63) is 0 Å². The third-order valence-corrected chi connectivity index (χ3v) is 1.73. The van der Waals surface area contributed by atoms with Crippen molar-refractivity contribution in [1.29, 1.82) is 0 Å². The molecule has 1 unspecified atom stereocenters. The van der Waals surface area contributed by atoms with Crippen molar-refractivity contribution in [2.24, 2.45) is 0 Å². The largest absolute Gasteiger partial charge is 1.00 e. The molecule has 0 radical (unpaired) electrons. The van der Waals surface area contributed by atoms with Crippen LogP contribution in [-0.2, 0) is 9.47 Å². The summed E-state index contributed by atoms with van der Waals surface area (Å²) in [6.07, 6.45) is 3.49. The second-order valence-electron chi connectivity index (χ2n) is 3.48. The van der Waals surface area contributed by atoms with Gasteiger partial charge in [0.05, 0.1) is 13.2 Å². The fraction of sp³-hybridized carbons (Fsp3) is 1.00. The molecule has 0 bridgehead atoms. The van der Waals surface area contributed by atoms with Gasteiger partial charge in [0.25, 0.3) is 0 Å². The van der Waals surface area contributed by atoms with Crippen LogP contribution in [0.3, 0.4) is 0 Å². The van der Waals surface area contributed by atoms with Gasteiger partial charge >= 0.3 is 29.6 Å². The first kappa shape index (κ1) is 23.0. The first-order valence-electron chi connectivity index (χ1n) is 6.15. The Morgan fingerprint density at radius 2 is 1.59 bits per heavy atom. The molecule has 1 N–H and O–H groups in total. The van der Waals surface area contributed by atoms with E-state index in [2.05, 4.69) is 13.8 Å². The number of unbranched alkanes of at least 4 members (excludes halogenated alkanes) is 2. The Hall–Kier alpha value is 0.840. The zero-order valence-electron chi connectivity index (χ0n) is 11.9. The smallest absolute Gasteiger partial charge is 0.831 e. The normalized spacial score (nSPS) is 11.1. The van der Waals surface area contributed by atoms with E-state index in [0.29, 0.717) is 13.2 Å². The van der Waals surface area contributed by atoms with Gasteiger partial charge < -0.3 is 19.7 Å². The summed E-state index contributed by atoms with van der Waals surface area (Å²) in [5, 5.41) is 18.4. The van der Waals surface area contributed by atoms with Crippen LogP contribution in [0.2, 0.25) is 0 Å². The van der Waals surface area contributed by atoms with E-state index in [1.165, 1.54) is 6.92 Å². The fourth-order valence-corrected chi connectivity index (χ4v) is 0.807. The van der Waals surface area contributed by atoms with Crippen LogP contribution in [0.25, 0.3) is 0 Å². The SMILES string of the molecule is CCCCOC(C)[O-].CCCCOCCO.[Na+]. The molecule has 17 heavy (non-hydrogen) atoms. The maximum absolute atomic E-state index is 10.2. The van der Waals surface area contributed by atoms with Gasteiger partial charge in [0.15, 0.2) is 0 Å². The monoisotopic (exact) mass is 258 g/mol. The minimum atomic E-state index is -0.846. The van der Waals surface area contributed by atoms with Crippen molar-refractivity contribution in [2.75, 3.05) is 26.4 Å². The fourth-order valence-electron chi connectivity index (χ4n) is 0.807. The summed E-state index contributed by atoms with van der Waals surface area (Å²) in [6.45, 7) is 7.72. The molecule has 0 amide bonds. The number of rotatable bonds is 9. The molecule has 0 fully saturated rings. The molecule has 0 aliphatic rings. The molecule has 0 aliphatic carbocycles. The van der Waals surface area contributed by atoms with E-state index in [0.717, 1.165) is 32.3 Å². The van der Waals surface area contributed by atoms with Gasteiger partial charge in [0.2, 0.25) is 0 Å². The number of ether oxygens (including phenoxy) is 2. The third kappa shape index (κ3) is 31.6. The van der Waals surface area contributed by atoms with Crippen molar-refractivity contribution in [2.45, 2.75) is 52.7 Å². The van der Waals surface area contributed by atoms with Gasteiger partial charge in [-0.3, -0.25) is 0 Å². The first-order chi connectivity index (χ1) is 7.68. The average Bonchev–Trinajstić information content (AvgIpc) is 2.25. The zero-order chi connectivity index (χ0) is 12.6. The molecule has 0 heterocycles. The quantitative estimate of drug-likeness (QED) is 0.304. The molecule has 0 aromatic carbocycles. The Morgan fingerprint density at radius 1 is 1.06 bits per heavy atom. The summed E-state index contributed by atoms with van der Waals surface area (Å²) in [5.41, 5.74) is 0. The molecular weight excluding hydrogens is 231 g/mol. The van der Waals surface area contributed by atoms with Gasteiger partial charge in [0, 0.05) is 13.2 Å². The summed E-state index contributed by atoms with van der Waals surface area (Å²) in [4.78, 5) is 0. The molecule has 0 saturated carbocycles. The Kier molecular flexibility index (Phi) is 29.8. The minimum Gasteiger partial charge on any atom is -0.831 e. The van der Waals surface area contributed by atoms with Crippen molar-refractivity contribution >= 4 is 0 Å². The molecule has 0 saturated heterocycles. The average molecular weight is 258 g/mol. The van der Waals surface area contributed by atoms with Gasteiger partial charge in [-0.05, 0) is 19.1 Å². The molecule has 4 nitrogen and oxygen atoms in total. The van der Waals surface area contributed by atoms with Crippen LogP contribution >= 0.6 is 0 Å². The van der Waals surface area contributed by atoms with Crippen LogP contribution in [0, 0.1) is 0 Å². The summed E-state index contributed by atoms with van der Waals surface area (Å²) >= 11 is 0. The van der Waals surface area contributed by atoms with E-state index in [1.54, 1.807) is 0 Å². The van der Waals surface area contributed by atoms with E-state index in [9.17, 15) is 5.11 Å². The summed E-state index contributed by atoms with van der Waals surface area (Å²) < 4.78 is 9.70. The van der Waals surface area contributed by atoms with Gasteiger partial charge in [0.1, 0.15) is 0 Å². The van der Waals surface area contributed by atoms with Gasteiger partial charge in [-0.25, -0.2) is 0 Å². The number of hydrogen-bond acceptors (Lipinski definition) is 4. The topological polar surface area (TPSA) is 61.8 Å². The van der Waals surface area contributed by atoms with Gasteiger partial charge in [-0.15, -0.1) is 0 Å². The number of aliphatic hydroxyl groups is 1. The third-order valence-electron chi connectivity index (χ3n) is 1.73. The molecule has 0 spiro atoms. The first-order valence-corrected chi connectivity index (χ1v) is 6.15. The molecule has 0 aromatic rings.